The summed E-state index contributed by atoms with van der Waals surface area (Å²) < 4.78 is 0. The van der Waals surface area contributed by atoms with Gasteiger partial charge < -0.3 is 10.4 Å². The molecule has 92 valence electrons. The zero-order chi connectivity index (χ0) is 13.0. The average molecular weight is 235 g/mol. The van der Waals surface area contributed by atoms with E-state index >= 15 is 0 Å². The third-order valence-electron chi connectivity index (χ3n) is 2.84. The van der Waals surface area contributed by atoms with E-state index in [1.807, 2.05) is 26.0 Å². The summed E-state index contributed by atoms with van der Waals surface area (Å²) >= 11 is 0. The summed E-state index contributed by atoms with van der Waals surface area (Å²) in [6.07, 6.45) is 0. The van der Waals surface area contributed by atoms with Crippen LogP contribution in [-0.4, -0.2) is 23.5 Å². The average Bonchev–Trinajstić information content (AvgIpc) is 2.29. The smallest absolute Gasteiger partial charge is 0.308 e. The molecule has 0 fully saturated rings. The van der Waals surface area contributed by atoms with Crippen LogP contribution in [-0.2, 0) is 4.79 Å². The minimum absolute atomic E-state index is 0.140. The molecule has 0 aliphatic carbocycles. The van der Waals surface area contributed by atoms with Gasteiger partial charge in [0.1, 0.15) is 0 Å². The first kappa shape index (κ1) is 13.2. The molecule has 0 saturated heterocycles. The first-order valence-electron chi connectivity index (χ1n) is 5.50. The predicted octanol–water partition coefficient (Wildman–Crippen LogP) is 1.75. The lowest BCUT2D eigenvalue weighted by Gasteiger charge is -2.11. The van der Waals surface area contributed by atoms with Crippen molar-refractivity contribution in [3.63, 3.8) is 0 Å². The largest absolute Gasteiger partial charge is 0.481 e. The molecule has 1 atom stereocenters. The fourth-order valence-electron chi connectivity index (χ4n) is 1.43. The van der Waals surface area contributed by atoms with Gasteiger partial charge in [0.05, 0.1) is 5.92 Å². The molecule has 1 unspecified atom stereocenters. The van der Waals surface area contributed by atoms with E-state index in [-0.39, 0.29) is 12.5 Å². The molecule has 1 amide bonds. The number of nitrogens with one attached hydrogen (secondary N) is 1. The number of hydrogen-bond donors (Lipinski definition) is 2. The van der Waals surface area contributed by atoms with Gasteiger partial charge >= 0.3 is 5.97 Å². The number of carbonyl (C=O) groups excluding carboxylic acids is 1. The van der Waals surface area contributed by atoms with E-state index in [0.717, 1.165) is 11.1 Å². The number of carboxylic acids is 1. The Morgan fingerprint density at radius 1 is 1.35 bits per heavy atom. The molecule has 0 saturated carbocycles. The zero-order valence-corrected chi connectivity index (χ0v) is 10.3. The van der Waals surface area contributed by atoms with Crippen molar-refractivity contribution in [3.8, 4) is 0 Å². The molecule has 0 spiro atoms. The number of aryl methyl sites for hydroxylation is 1. The van der Waals surface area contributed by atoms with Crippen molar-refractivity contribution in [1.29, 1.82) is 0 Å². The van der Waals surface area contributed by atoms with Crippen molar-refractivity contribution in [1.82, 2.24) is 5.32 Å². The quantitative estimate of drug-likeness (QED) is 0.835. The topological polar surface area (TPSA) is 66.4 Å². The molecule has 0 radical (unpaired) electrons. The van der Waals surface area contributed by atoms with Gasteiger partial charge in [-0.2, -0.15) is 0 Å². The van der Waals surface area contributed by atoms with Crippen LogP contribution < -0.4 is 5.32 Å². The van der Waals surface area contributed by atoms with Crippen LogP contribution in [0.3, 0.4) is 0 Å². The highest BCUT2D eigenvalue weighted by Gasteiger charge is 2.14. The third-order valence-corrected chi connectivity index (χ3v) is 2.84. The molecule has 4 heteroatoms. The van der Waals surface area contributed by atoms with Crippen LogP contribution in [0.1, 0.15) is 28.4 Å². The van der Waals surface area contributed by atoms with E-state index in [1.165, 1.54) is 0 Å². The fourth-order valence-corrected chi connectivity index (χ4v) is 1.43. The van der Waals surface area contributed by atoms with E-state index < -0.39 is 11.9 Å². The van der Waals surface area contributed by atoms with E-state index in [1.54, 1.807) is 13.0 Å². The Morgan fingerprint density at radius 3 is 2.59 bits per heavy atom. The normalized spacial score (nSPS) is 11.9. The highest BCUT2D eigenvalue weighted by molar-refractivity contribution is 5.96. The Labute approximate surface area is 101 Å². The third kappa shape index (κ3) is 3.31. The van der Waals surface area contributed by atoms with Gasteiger partial charge in [-0.25, -0.2) is 0 Å². The molecule has 0 bridgehead atoms. The van der Waals surface area contributed by atoms with Crippen LogP contribution in [0.4, 0.5) is 0 Å². The lowest BCUT2D eigenvalue weighted by molar-refractivity contribution is -0.140. The molecule has 17 heavy (non-hydrogen) atoms. The number of rotatable bonds is 4. The van der Waals surface area contributed by atoms with Crippen molar-refractivity contribution >= 4 is 11.9 Å². The summed E-state index contributed by atoms with van der Waals surface area (Å²) in [6, 6.07) is 5.49. The van der Waals surface area contributed by atoms with E-state index in [0.29, 0.717) is 5.56 Å². The second-order valence-corrected chi connectivity index (χ2v) is 4.20. The monoisotopic (exact) mass is 235 g/mol. The Hall–Kier alpha value is -1.84. The van der Waals surface area contributed by atoms with Gasteiger partial charge in [-0.3, -0.25) is 9.59 Å². The first-order valence-corrected chi connectivity index (χ1v) is 5.50. The van der Waals surface area contributed by atoms with Crippen LogP contribution in [0.15, 0.2) is 18.2 Å². The highest BCUT2D eigenvalue weighted by atomic mass is 16.4. The molecule has 1 rings (SSSR count). The van der Waals surface area contributed by atoms with Gasteiger partial charge in [-0.15, -0.1) is 0 Å². The Morgan fingerprint density at radius 2 is 2.00 bits per heavy atom. The van der Waals surface area contributed by atoms with Crippen LogP contribution in [0, 0.1) is 19.8 Å². The van der Waals surface area contributed by atoms with Gasteiger partial charge in [0, 0.05) is 12.1 Å². The summed E-state index contributed by atoms with van der Waals surface area (Å²) in [5.74, 6) is -1.71. The van der Waals surface area contributed by atoms with E-state index in [4.69, 9.17) is 5.11 Å². The van der Waals surface area contributed by atoms with Crippen LogP contribution in [0.25, 0.3) is 0 Å². The van der Waals surface area contributed by atoms with Gasteiger partial charge in [-0.1, -0.05) is 19.1 Å². The molecule has 0 aliphatic rings. The maximum atomic E-state index is 11.8. The molecule has 0 aliphatic heterocycles. The Balaban J connectivity index is 2.71. The number of aliphatic carboxylic acids is 1. The van der Waals surface area contributed by atoms with Gasteiger partial charge in [0.25, 0.3) is 5.91 Å². The van der Waals surface area contributed by atoms with Gasteiger partial charge in [0.2, 0.25) is 0 Å². The number of hydrogen-bond acceptors (Lipinski definition) is 2. The summed E-state index contributed by atoms with van der Waals surface area (Å²) in [5.41, 5.74) is 2.57. The lowest BCUT2D eigenvalue weighted by Crippen LogP contribution is -2.31. The van der Waals surface area contributed by atoms with E-state index in [2.05, 4.69) is 5.32 Å². The fraction of sp³-hybridized carbons (Fsp3) is 0.385. The Bertz CT molecular complexity index is 440. The van der Waals surface area contributed by atoms with E-state index in [9.17, 15) is 9.59 Å². The summed E-state index contributed by atoms with van der Waals surface area (Å²) in [7, 11) is 0. The second kappa shape index (κ2) is 5.48. The number of carbonyl (C=O) groups is 2. The first-order chi connectivity index (χ1) is 7.93. The summed E-state index contributed by atoms with van der Waals surface area (Å²) in [4.78, 5) is 22.5. The van der Waals surface area contributed by atoms with Gasteiger partial charge in [-0.05, 0) is 31.0 Å². The Kier molecular flexibility index (Phi) is 4.26. The molecular weight excluding hydrogens is 218 g/mol. The molecule has 0 aromatic heterocycles. The van der Waals surface area contributed by atoms with Crippen molar-refractivity contribution in [2.75, 3.05) is 6.54 Å². The summed E-state index contributed by atoms with van der Waals surface area (Å²) in [6.45, 7) is 5.52. The van der Waals surface area contributed by atoms with Gasteiger partial charge in [0.15, 0.2) is 0 Å². The van der Waals surface area contributed by atoms with Crippen LogP contribution >= 0.6 is 0 Å². The minimum Gasteiger partial charge on any atom is -0.481 e. The number of carboxylic acid groups (broad SMARTS) is 1. The lowest BCUT2D eigenvalue weighted by atomic mass is 10.0. The minimum atomic E-state index is -0.911. The molecule has 1 aromatic rings. The molecule has 2 N–H and O–H groups in total. The second-order valence-electron chi connectivity index (χ2n) is 4.20. The molecule has 4 nitrogen and oxygen atoms in total. The van der Waals surface area contributed by atoms with Crippen LogP contribution in [0.2, 0.25) is 0 Å². The maximum Gasteiger partial charge on any atom is 0.308 e. The van der Waals surface area contributed by atoms with Crippen molar-refractivity contribution in [3.05, 3.63) is 34.9 Å². The zero-order valence-electron chi connectivity index (χ0n) is 10.3. The van der Waals surface area contributed by atoms with Crippen molar-refractivity contribution in [2.24, 2.45) is 5.92 Å². The highest BCUT2D eigenvalue weighted by Crippen LogP contribution is 2.12. The number of amides is 1. The van der Waals surface area contributed by atoms with Crippen molar-refractivity contribution < 1.29 is 14.7 Å². The predicted molar refractivity (Wildman–Crippen MR) is 65.0 cm³/mol. The maximum absolute atomic E-state index is 11.8. The standard InChI is InChI=1S/C13H17NO3/c1-8-5-4-6-11(10(8)3)12(15)14-7-9(2)13(16)17/h4-6,9H,7H2,1-3H3,(H,14,15)(H,16,17). The SMILES string of the molecule is Cc1cccc(C(=O)NCC(C)C(=O)O)c1C. The number of benzene rings is 1. The molecule has 0 heterocycles. The van der Waals surface area contributed by atoms with Crippen molar-refractivity contribution in [2.45, 2.75) is 20.8 Å². The molecular formula is C13H17NO3. The molecule has 1 aromatic carbocycles. The summed E-state index contributed by atoms with van der Waals surface area (Å²) in [5, 5.41) is 11.3. The van der Waals surface area contributed by atoms with Crippen LogP contribution in [0.5, 0.6) is 0 Å².